The first-order valence-electron chi connectivity index (χ1n) is 6.90. The van der Waals surface area contributed by atoms with E-state index in [1.165, 1.54) is 0 Å². The molecule has 5 nitrogen and oxygen atoms in total. The van der Waals surface area contributed by atoms with E-state index < -0.39 is 0 Å². The number of hydrogen-bond donors (Lipinski definition) is 1. The predicted octanol–water partition coefficient (Wildman–Crippen LogP) is 3.13. The number of hydrogen-bond acceptors (Lipinski definition) is 4. The van der Waals surface area contributed by atoms with Crippen molar-refractivity contribution in [3.8, 4) is 0 Å². The first-order chi connectivity index (χ1) is 10.4. The molecule has 0 atom stereocenters. The van der Waals surface area contributed by atoms with Crippen molar-refractivity contribution in [2.45, 2.75) is 6.42 Å². The molecule has 0 saturated heterocycles. The van der Waals surface area contributed by atoms with Gasteiger partial charge in [0, 0.05) is 25.4 Å². The summed E-state index contributed by atoms with van der Waals surface area (Å²) in [6, 6.07) is 14.3. The highest BCUT2D eigenvalue weighted by molar-refractivity contribution is 5.74. The van der Waals surface area contributed by atoms with Crippen LogP contribution in [0.15, 0.2) is 59.3 Å². The molecule has 0 aliphatic carbocycles. The Labute approximate surface area is 121 Å². The molecule has 1 N–H and O–H groups in total. The Hall–Kier alpha value is -2.82. The number of aromatic nitrogens is 3. The van der Waals surface area contributed by atoms with Crippen LogP contribution in [0.4, 0.5) is 6.01 Å². The molecule has 1 aromatic carbocycles. The first-order valence-corrected chi connectivity index (χ1v) is 6.90. The largest absolute Gasteiger partial charge is 0.424 e. The topological polar surface area (TPSA) is 55.4 Å². The summed E-state index contributed by atoms with van der Waals surface area (Å²) in [6.07, 6.45) is 4.86. The van der Waals surface area contributed by atoms with Crippen molar-refractivity contribution in [3.05, 3.63) is 60.6 Å². The second kappa shape index (κ2) is 4.94. The lowest BCUT2D eigenvalue weighted by Gasteiger charge is -1.98. The molecule has 0 radical (unpaired) electrons. The quantitative estimate of drug-likeness (QED) is 0.623. The molecule has 0 aliphatic rings. The minimum Gasteiger partial charge on any atom is -0.424 e. The molecule has 0 amide bonds. The minimum absolute atomic E-state index is 0.556. The maximum Gasteiger partial charge on any atom is 0.295 e. The number of pyridine rings is 1. The number of oxazole rings is 1. The number of nitrogens with one attached hydrogen (secondary N) is 1. The summed E-state index contributed by atoms with van der Waals surface area (Å²) >= 11 is 0. The number of nitrogens with zero attached hydrogens (tertiary/aromatic N) is 3. The molecule has 0 bridgehead atoms. The van der Waals surface area contributed by atoms with Crippen molar-refractivity contribution >= 4 is 22.8 Å². The smallest absolute Gasteiger partial charge is 0.295 e. The van der Waals surface area contributed by atoms with Crippen LogP contribution in [0.5, 0.6) is 0 Å². The van der Waals surface area contributed by atoms with E-state index in [1.54, 1.807) is 0 Å². The van der Waals surface area contributed by atoms with Crippen LogP contribution in [0.2, 0.25) is 0 Å². The lowest BCUT2D eigenvalue weighted by Crippen LogP contribution is -2.05. The van der Waals surface area contributed by atoms with Gasteiger partial charge in [0.1, 0.15) is 11.2 Å². The summed E-state index contributed by atoms with van der Waals surface area (Å²) in [5, 5.41) is 3.20. The van der Waals surface area contributed by atoms with Crippen molar-refractivity contribution < 1.29 is 4.42 Å². The number of imidazole rings is 1. The van der Waals surface area contributed by atoms with Crippen molar-refractivity contribution in [1.82, 2.24) is 14.4 Å². The zero-order chi connectivity index (χ0) is 14.1. The van der Waals surface area contributed by atoms with Crippen LogP contribution in [0.3, 0.4) is 0 Å². The summed E-state index contributed by atoms with van der Waals surface area (Å²) < 4.78 is 7.64. The monoisotopic (exact) mass is 278 g/mol. The lowest BCUT2D eigenvalue weighted by molar-refractivity contribution is 0.614. The molecule has 0 saturated carbocycles. The van der Waals surface area contributed by atoms with Gasteiger partial charge in [0.2, 0.25) is 0 Å². The van der Waals surface area contributed by atoms with Crippen LogP contribution >= 0.6 is 0 Å². The van der Waals surface area contributed by atoms with Crippen molar-refractivity contribution in [3.63, 3.8) is 0 Å². The van der Waals surface area contributed by atoms with E-state index in [1.807, 2.05) is 59.3 Å². The zero-order valence-corrected chi connectivity index (χ0v) is 11.4. The number of rotatable bonds is 4. The maximum absolute atomic E-state index is 5.62. The summed E-state index contributed by atoms with van der Waals surface area (Å²) in [6.45, 7) is 0.733. The van der Waals surface area contributed by atoms with Crippen LogP contribution in [0, 0.1) is 0 Å². The van der Waals surface area contributed by atoms with E-state index in [-0.39, 0.29) is 0 Å². The van der Waals surface area contributed by atoms with E-state index in [0.29, 0.717) is 6.01 Å². The fraction of sp³-hybridized carbons (Fsp3) is 0.125. The predicted molar refractivity (Wildman–Crippen MR) is 81.4 cm³/mol. The third-order valence-corrected chi connectivity index (χ3v) is 3.37. The Kier molecular flexibility index (Phi) is 2.81. The van der Waals surface area contributed by atoms with Crippen LogP contribution in [0.1, 0.15) is 5.69 Å². The Morgan fingerprint density at radius 3 is 2.86 bits per heavy atom. The molecular formula is C16H14N4O. The third-order valence-electron chi connectivity index (χ3n) is 3.37. The van der Waals surface area contributed by atoms with Crippen LogP contribution in [-0.4, -0.2) is 20.9 Å². The summed E-state index contributed by atoms with van der Waals surface area (Å²) in [7, 11) is 0. The number of para-hydroxylation sites is 2. The van der Waals surface area contributed by atoms with Gasteiger partial charge in [-0.1, -0.05) is 18.2 Å². The van der Waals surface area contributed by atoms with E-state index in [2.05, 4.69) is 15.3 Å². The molecule has 104 valence electrons. The average Bonchev–Trinajstić information content (AvgIpc) is 3.09. The van der Waals surface area contributed by atoms with Crippen LogP contribution < -0.4 is 5.32 Å². The Morgan fingerprint density at radius 2 is 1.95 bits per heavy atom. The maximum atomic E-state index is 5.62. The van der Waals surface area contributed by atoms with Crippen molar-refractivity contribution in [1.29, 1.82) is 0 Å². The third kappa shape index (κ3) is 2.33. The molecule has 21 heavy (non-hydrogen) atoms. The molecule has 0 spiro atoms. The van der Waals surface area contributed by atoms with Gasteiger partial charge in [0.05, 0.1) is 5.69 Å². The number of anilines is 1. The Bertz CT molecular complexity index is 753. The molecule has 3 heterocycles. The highest BCUT2D eigenvalue weighted by Crippen LogP contribution is 2.17. The first kappa shape index (κ1) is 12.0. The molecule has 5 heteroatoms. The summed E-state index contributed by atoms with van der Waals surface area (Å²) in [5.74, 6) is 0. The minimum atomic E-state index is 0.556. The molecule has 4 aromatic rings. The summed E-state index contributed by atoms with van der Waals surface area (Å²) in [5.41, 5.74) is 3.68. The SMILES string of the molecule is c1ccc2oc(NCCc3cn4ccccc4n3)nc2c1. The van der Waals surface area contributed by atoms with Gasteiger partial charge in [-0.25, -0.2) is 4.98 Å². The van der Waals surface area contributed by atoms with Crippen LogP contribution in [0.25, 0.3) is 16.7 Å². The van der Waals surface area contributed by atoms with Gasteiger partial charge >= 0.3 is 0 Å². The molecule has 3 aromatic heterocycles. The second-order valence-electron chi connectivity index (χ2n) is 4.86. The van der Waals surface area contributed by atoms with Gasteiger partial charge in [-0.2, -0.15) is 4.98 Å². The number of fused-ring (bicyclic) bond motifs is 2. The normalized spacial score (nSPS) is 11.2. The fourth-order valence-electron chi connectivity index (χ4n) is 2.35. The van der Waals surface area contributed by atoms with Crippen molar-refractivity contribution in [2.75, 3.05) is 11.9 Å². The average molecular weight is 278 g/mol. The van der Waals surface area contributed by atoms with Gasteiger partial charge < -0.3 is 14.1 Å². The fourth-order valence-corrected chi connectivity index (χ4v) is 2.35. The van der Waals surface area contributed by atoms with E-state index in [4.69, 9.17) is 4.42 Å². The molecular weight excluding hydrogens is 264 g/mol. The highest BCUT2D eigenvalue weighted by Gasteiger charge is 2.05. The second-order valence-corrected chi connectivity index (χ2v) is 4.86. The summed E-state index contributed by atoms with van der Waals surface area (Å²) in [4.78, 5) is 8.94. The Balaban J connectivity index is 1.44. The number of benzene rings is 1. The van der Waals surface area contributed by atoms with Gasteiger partial charge in [-0.3, -0.25) is 0 Å². The zero-order valence-electron chi connectivity index (χ0n) is 11.4. The van der Waals surface area contributed by atoms with E-state index >= 15 is 0 Å². The Morgan fingerprint density at radius 1 is 1.05 bits per heavy atom. The van der Waals surface area contributed by atoms with E-state index in [0.717, 1.165) is 35.4 Å². The molecule has 0 fully saturated rings. The lowest BCUT2D eigenvalue weighted by atomic mass is 10.3. The van der Waals surface area contributed by atoms with Crippen molar-refractivity contribution in [2.24, 2.45) is 0 Å². The molecule has 0 aliphatic heterocycles. The van der Waals surface area contributed by atoms with Gasteiger partial charge in [-0.15, -0.1) is 0 Å². The van der Waals surface area contributed by atoms with Gasteiger partial charge in [-0.05, 0) is 24.3 Å². The van der Waals surface area contributed by atoms with Gasteiger partial charge in [0.15, 0.2) is 5.58 Å². The van der Waals surface area contributed by atoms with Gasteiger partial charge in [0.25, 0.3) is 6.01 Å². The molecule has 4 rings (SSSR count). The highest BCUT2D eigenvalue weighted by atomic mass is 16.4. The molecule has 0 unspecified atom stereocenters. The standard InChI is InChI=1S/C16H14N4O/c1-2-6-14-13(5-1)19-16(21-14)17-9-8-12-11-20-10-4-3-7-15(20)18-12/h1-7,10-11H,8-9H2,(H,17,19). The van der Waals surface area contributed by atoms with Crippen LogP contribution in [-0.2, 0) is 6.42 Å². The van der Waals surface area contributed by atoms with E-state index in [9.17, 15) is 0 Å².